The standard InChI is InChI=1S/C30H36ClN5O2/c1-6-25(34(17-16-33(4)5)29(37)24-14-12-21(2)13-15-24)18-26-19-27-28(31)22(3)32-36(27)30(38)35(26)20-23-10-8-7-9-11-23/h7-15,19,25H,6,16-18,20H2,1-5H3. The van der Waals surface area contributed by atoms with Crippen molar-refractivity contribution in [3.05, 3.63) is 104 Å². The number of nitrogens with zero attached hydrogens (tertiary/aromatic N) is 5. The van der Waals surface area contributed by atoms with E-state index in [-0.39, 0.29) is 17.6 Å². The summed E-state index contributed by atoms with van der Waals surface area (Å²) in [5.74, 6) is -0.00466. The molecule has 4 aromatic rings. The summed E-state index contributed by atoms with van der Waals surface area (Å²) in [7, 11) is 4.01. The minimum absolute atomic E-state index is 0.00466. The van der Waals surface area contributed by atoms with Gasteiger partial charge >= 0.3 is 5.69 Å². The van der Waals surface area contributed by atoms with E-state index in [1.807, 2.05) is 86.6 Å². The van der Waals surface area contributed by atoms with Crippen LogP contribution in [0.3, 0.4) is 0 Å². The van der Waals surface area contributed by atoms with E-state index in [0.717, 1.165) is 29.8 Å². The third kappa shape index (κ3) is 6.00. The van der Waals surface area contributed by atoms with Crippen LogP contribution in [0.25, 0.3) is 5.52 Å². The molecule has 4 rings (SSSR count). The molecule has 0 radical (unpaired) electrons. The predicted octanol–water partition coefficient (Wildman–Crippen LogP) is 4.84. The number of carbonyl (C=O) groups excluding carboxylic acids is 1. The Morgan fingerprint density at radius 1 is 1.03 bits per heavy atom. The Hall–Kier alpha value is -3.42. The molecule has 2 aromatic heterocycles. The molecule has 200 valence electrons. The largest absolute Gasteiger partial charge is 0.349 e. The van der Waals surface area contributed by atoms with E-state index < -0.39 is 0 Å². The number of fused-ring (bicyclic) bond motifs is 1. The van der Waals surface area contributed by atoms with Crippen LogP contribution >= 0.6 is 11.6 Å². The van der Waals surface area contributed by atoms with E-state index in [9.17, 15) is 9.59 Å². The Morgan fingerprint density at radius 3 is 2.34 bits per heavy atom. The summed E-state index contributed by atoms with van der Waals surface area (Å²) in [5.41, 5.74) is 4.58. The number of aryl methyl sites for hydroxylation is 2. The minimum atomic E-state index is -0.240. The van der Waals surface area contributed by atoms with Gasteiger partial charge in [-0.3, -0.25) is 9.36 Å². The predicted molar refractivity (Wildman–Crippen MR) is 153 cm³/mol. The van der Waals surface area contributed by atoms with E-state index >= 15 is 0 Å². The van der Waals surface area contributed by atoms with Crippen LogP contribution in [-0.4, -0.2) is 63.1 Å². The second kappa shape index (κ2) is 12.0. The summed E-state index contributed by atoms with van der Waals surface area (Å²) >= 11 is 6.56. The first kappa shape index (κ1) is 27.6. The van der Waals surface area contributed by atoms with Gasteiger partial charge in [0.2, 0.25) is 0 Å². The molecule has 0 aliphatic rings. The van der Waals surface area contributed by atoms with Crippen molar-refractivity contribution in [3.63, 3.8) is 0 Å². The normalized spacial score (nSPS) is 12.3. The second-order valence-electron chi connectivity index (χ2n) is 10.1. The molecule has 0 spiro atoms. The molecule has 0 fully saturated rings. The third-order valence-electron chi connectivity index (χ3n) is 6.97. The van der Waals surface area contributed by atoms with Crippen LogP contribution in [0.1, 0.15) is 46.2 Å². The molecule has 0 aliphatic heterocycles. The van der Waals surface area contributed by atoms with E-state index in [1.54, 1.807) is 11.5 Å². The molecule has 1 atom stereocenters. The highest BCUT2D eigenvalue weighted by molar-refractivity contribution is 6.34. The number of carbonyl (C=O) groups is 1. The van der Waals surface area contributed by atoms with Crippen molar-refractivity contribution in [1.29, 1.82) is 0 Å². The third-order valence-corrected chi connectivity index (χ3v) is 7.44. The van der Waals surface area contributed by atoms with Crippen LogP contribution in [0.4, 0.5) is 0 Å². The zero-order valence-corrected chi connectivity index (χ0v) is 23.6. The molecular weight excluding hydrogens is 498 g/mol. The summed E-state index contributed by atoms with van der Waals surface area (Å²) in [6.45, 7) is 7.62. The highest BCUT2D eigenvalue weighted by Gasteiger charge is 2.26. The van der Waals surface area contributed by atoms with Gasteiger partial charge in [0.1, 0.15) is 0 Å². The van der Waals surface area contributed by atoms with E-state index in [2.05, 4.69) is 16.9 Å². The van der Waals surface area contributed by atoms with Crippen molar-refractivity contribution in [1.82, 2.24) is 24.0 Å². The quantitative estimate of drug-likeness (QED) is 0.293. The fourth-order valence-corrected chi connectivity index (χ4v) is 4.88. The van der Waals surface area contributed by atoms with Gasteiger partial charge < -0.3 is 9.80 Å². The van der Waals surface area contributed by atoms with Gasteiger partial charge in [0.25, 0.3) is 5.91 Å². The maximum Gasteiger partial charge on any atom is 0.349 e. The lowest BCUT2D eigenvalue weighted by molar-refractivity contribution is 0.0655. The molecule has 0 N–H and O–H groups in total. The van der Waals surface area contributed by atoms with Crippen LogP contribution in [0.5, 0.6) is 0 Å². The average Bonchev–Trinajstić information content (AvgIpc) is 3.19. The highest BCUT2D eigenvalue weighted by Crippen LogP contribution is 2.23. The second-order valence-corrected chi connectivity index (χ2v) is 10.5. The van der Waals surface area contributed by atoms with Crippen molar-refractivity contribution in [2.45, 2.75) is 46.2 Å². The topological polar surface area (TPSA) is 62.9 Å². The summed E-state index contributed by atoms with van der Waals surface area (Å²) in [5, 5.41) is 4.87. The number of halogens is 1. The number of aromatic nitrogens is 3. The first-order chi connectivity index (χ1) is 18.2. The highest BCUT2D eigenvalue weighted by atomic mass is 35.5. The maximum atomic E-state index is 13.8. The molecule has 1 amide bonds. The van der Waals surface area contributed by atoms with Crippen LogP contribution in [0.2, 0.25) is 5.02 Å². The van der Waals surface area contributed by atoms with Gasteiger partial charge in [-0.15, -0.1) is 0 Å². The summed E-state index contributed by atoms with van der Waals surface area (Å²) < 4.78 is 3.14. The Labute approximate surface area is 229 Å². The number of hydrogen-bond donors (Lipinski definition) is 0. The SMILES string of the molecule is CCC(Cc1cc2c(Cl)c(C)nn2c(=O)n1Cc1ccccc1)N(CCN(C)C)C(=O)c1ccc(C)cc1. The van der Waals surface area contributed by atoms with Gasteiger partial charge in [-0.05, 0) is 58.1 Å². The van der Waals surface area contributed by atoms with Crippen molar-refractivity contribution >= 4 is 23.0 Å². The van der Waals surface area contributed by atoms with Gasteiger partial charge in [0.05, 0.1) is 22.8 Å². The molecule has 7 nitrogen and oxygen atoms in total. The Morgan fingerprint density at radius 2 is 1.71 bits per heavy atom. The van der Waals surface area contributed by atoms with Crippen LogP contribution in [0.15, 0.2) is 65.5 Å². The molecule has 0 bridgehead atoms. The van der Waals surface area contributed by atoms with Gasteiger partial charge in [0.15, 0.2) is 0 Å². The minimum Gasteiger partial charge on any atom is -0.334 e. The molecular formula is C30H36ClN5O2. The fraction of sp³-hybridized carbons (Fsp3) is 0.367. The Balaban J connectivity index is 1.78. The lowest BCUT2D eigenvalue weighted by atomic mass is 10.0. The van der Waals surface area contributed by atoms with Gasteiger partial charge in [0, 0.05) is 36.8 Å². The monoisotopic (exact) mass is 533 g/mol. The Bertz CT molecular complexity index is 1460. The van der Waals surface area contributed by atoms with E-state index in [4.69, 9.17) is 11.6 Å². The number of amides is 1. The number of likely N-dealkylation sites (N-methyl/N-ethyl adjacent to an activating group) is 1. The van der Waals surface area contributed by atoms with Crippen LogP contribution in [-0.2, 0) is 13.0 Å². The zero-order chi connectivity index (χ0) is 27.4. The lowest BCUT2D eigenvalue weighted by Crippen LogP contribution is -2.45. The molecule has 1 unspecified atom stereocenters. The molecule has 2 aromatic carbocycles. The molecule has 0 aliphatic carbocycles. The maximum absolute atomic E-state index is 13.8. The van der Waals surface area contributed by atoms with Crippen molar-refractivity contribution in [3.8, 4) is 0 Å². The number of benzene rings is 2. The lowest BCUT2D eigenvalue weighted by Gasteiger charge is -2.33. The smallest absolute Gasteiger partial charge is 0.334 e. The first-order valence-corrected chi connectivity index (χ1v) is 13.4. The average molecular weight is 534 g/mol. The van der Waals surface area contributed by atoms with Crippen LogP contribution in [0, 0.1) is 13.8 Å². The zero-order valence-electron chi connectivity index (χ0n) is 22.8. The summed E-state index contributed by atoms with van der Waals surface area (Å²) in [4.78, 5) is 31.5. The van der Waals surface area contributed by atoms with Crippen molar-refractivity contribution < 1.29 is 4.79 Å². The molecule has 0 saturated heterocycles. The van der Waals surface area contributed by atoms with E-state index in [1.165, 1.54) is 4.52 Å². The molecule has 2 heterocycles. The first-order valence-electron chi connectivity index (χ1n) is 13.0. The van der Waals surface area contributed by atoms with Crippen LogP contribution < -0.4 is 5.69 Å². The molecule has 8 heteroatoms. The fourth-order valence-electron chi connectivity index (χ4n) is 4.71. The van der Waals surface area contributed by atoms with Crippen molar-refractivity contribution in [2.75, 3.05) is 27.2 Å². The van der Waals surface area contributed by atoms with E-state index in [0.29, 0.717) is 41.3 Å². The van der Waals surface area contributed by atoms with Gasteiger partial charge in [-0.2, -0.15) is 9.61 Å². The molecule has 38 heavy (non-hydrogen) atoms. The van der Waals surface area contributed by atoms with Gasteiger partial charge in [-0.1, -0.05) is 66.6 Å². The summed E-state index contributed by atoms with van der Waals surface area (Å²) in [6.07, 6.45) is 1.25. The number of rotatable bonds is 10. The summed E-state index contributed by atoms with van der Waals surface area (Å²) in [6, 6.07) is 19.4. The van der Waals surface area contributed by atoms with Gasteiger partial charge in [-0.25, -0.2) is 4.79 Å². The Kier molecular flexibility index (Phi) is 8.69. The van der Waals surface area contributed by atoms with Crippen molar-refractivity contribution in [2.24, 2.45) is 0 Å². The number of hydrogen-bond acceptors (Lipinski definition) is 4. The molecule has 0 saturated carbocycles.